The highest BCUT2D eigenvalue weighted by Gasteiger charge is 2.21. The summed E-state index contributed by atoms with van der Waals surface area (Å²) in [7, 11) is 0. The Bertz CT molecular complexity index is 761. The summed E-state index contributed by atoms with van der Waals surface area (Å²) in [4.78, 5) is 14.8. The third-order valence-corrected chi connectivity index (χ3v) is 4.28. The van der Waals surface area contributed by atoms with Crippen molar-refractivity contribution in [2.45, 2.75) is 13.0 Å². The van der Waals surface area contributed by atoms with E-state index in [-0.39, 0.29) is 11.5 Å². The maximum Gasteiger partial charge on any atom is 0.253 e. The van der Waals surface area contributed by atoms with E-state index in [2.05, 4.69) is 10.2 Å². The van der Waals surface area contributed by atoms with Crippen LogP contribution in [0.2, 0.25) is 0 Å². The number of benzene rings is 2. The summed E-state index contributed by atoms with van der Waals surface area (Å²) < 4.78 is 32.3. The van der Waals surface area contributed by atoms with Gasteiger partial charge in [-0.3, -0.25) is 4.79 Å². The van der Waals surface area contributed by atoms with Gasteiger partial charge in [-0.25, -0.2) is 8.78 Å². The Hall–Kier alpha value is -2.47. The van der Waals surface area contributed by atoms with Gasteiger partial charge >= 0.3 is 0 Å². The van der Waals surface area contributed by atoms with Crippen LogP contribution in [0, 0.1) is 11.6 Å². The molecule has 1 fully saturated rings. The van der Waals surface area contributed by atoms with Gasteiger partial charge in [0.1, 0.15) is 11.6 Å². The van der Waals surface area contributed by atoms with Gasteiger partial charge in [0.25, 0.3) is 5.91 Å². The van der Waals surface area contributed by atoms with Gasteiger partial charge in [-0.05, 0) is 25.1 Å². The van der Waals surface area contributed by atoms with E-state index in [0.717, 1.165) is 11.8 Å². The number of hydrogen-bond acceptors (Lipinski definition) is 3. The van der Waals surface area contributed by atoms with Crippen LogP contribution in [0.5, 0.6) is 0 Å². The molecule has 0 saturated carbocycles. The molecule has 1 atom stereocenters. The minimum Gasteiger partial charge on any atom is -0.378 e. The Morgan fingerprint density at radius 1 is 1.16 bits per heavy atom. The number of anilines is 1. The van der Waals surface area contributed by atoms with Crippen LogP contribution in [0.25, 0.3) is 0 Å². The topological polar surface area (TPSA) is 41.6 Å². The number of nitrogens with one attached hydrogen (secondary N) is 1. The molecule has 2 aromatic carbocycles. The molecule has 1 saturated heterocycles. The van der Waals surface area contributed by atoms with Crippen molar-refractivity contribution in [2.75, 3.05) is 31.2 Å². The van der Waals surface area contributed by atoms with Gasteiger partial charge in [0.2, 0.25) is 0 Å². The van der Waals surface area contributed by atoms with Crippen LogP contribution in [0.15, 0.2) is 42.5 Å². The molecule has 1 amide bonds. The van der Waals surface area contributed by atoms with Crippen molar-refractivity contribution in [1.29, 1.82) is 0 Å². The lowest BCUT2D eigenvalue weighted by molar-refractivity contribution is 0.0938. The molecule has 25 heavy (non-hydrogen) atoms. The monoisotopic (exact) mass is 346 g/mol. The highest BCUT2D eigenvalue weighted by atomic mass is 19.1. The number of para-hydroxylation sites is 1. The molecule has 0 radical (unpaired) electrons. The normalized spacial score (nSPS) is 15.7. The van der Waals surface area contributed by atoms with Crippen molar-refractivity contribution < 1.29 is 18.3 Å². The van der Waals surface area contributed by atoms with E-state index in [9.17, 15) is 13.6 Å². The third-order valence-electron chi connectivity index (χ3n) is 4.28. The summed E-state index contributed by atoms with van der Waals surface area (Å²) in [6, 6.07) is 10.1. The van der Waals surface area contributed by atoms with Crippen LogP contribution >= 0.6 is 0 Å². The first-order chi connectivity index (χ1) is 12.1. The summed E-state index contributed by atoms with van der Waals surface area (Å²) in [5, 5.41) is 2.79. The fourth-order valence-corrected chi connectivity index (χ4v) is 2.95. The number of rotatable bonds is 4. The van der Waals surface area contributed by atoms with E-state index in [0.29, 0.717) is 31.9 Å². The van der Waals surface area contributed by atoms with E-state index in [1.54, 1.807) is 19.1 Å². The highest BCUT2D eigenvalue weighted by molar-refractivity contribution is 6.00. The minimum atomic E-state index is -0.672. The Labute approximate surface area is 145 Å². The van der Waals surface area contributed by atoms with Gasteiger partial charge in [0, 0.05) is 30.4 Å². The number of hydrogen-bond donors (Lipinski definition) is 1. The van der Waals surface area contributed by atoms with E-state index >= 15 is 0 Å². The molecule has 0 aliphatic carbocycles. The van der Waals surface area contributed by atoms with E-state index < -0.39 is 17.7 Å². The molecule has 0 bridgehead atoms. The van der Waals surface area contributed by atoms with Crippen LogP contribution in [-0.2, 0) is 4.74 Å². The molecule has 1 heterocycles. The number of nitrogens with zero attached hydrogens (tertiary/aromatic N) is 1. The second-order valence-electron chi connectivity index (χ2n) is 5.98. The van der Waals surface area contributed by atoms with Crippen molar-refractivity contribution in [3.8, 4) is 0 Å². The molecule has 1 aliphatic rings. The third kappa shape index (κ3) is 3.96. The van der Waals surface area contributed by atoms with E-state index in [1.165, 1.54) is 12.1 Å². The van der Waals surface area contributed by atoms with Gasteiger partial charge in [-0.1, -0.05) is 18.2 Å². The van der Waals surface area contributed by atoms with Gasteiger partial charge in [0.05, 0.1) is 24.8 Å². The number of carbonyl (C=O) groups is 1. The summed E-state index contributed by atoms with van der Waals surface area (Å²) in [6.07, 6.45) is 0. The van der Waals surface area contributed by atoms with Crippen molar-refractivity contribution in [3.63, 3.8) is 0 Å². The molecule has 0 aromatic heterocycles. The molecule has 1 unspecified atom stereocenters. The lowest BCUT2D eigenvalue weighted by atomic mass is 10.1. The zero-order valence-corrected chi connectivity index (χ0v) is 14.0. The number of amides is 1. The molecule has 6 heteroatoms. The fourth-order valence-electron chi connectivity index (χ4n) is 2.95. The first-order valence-electron chi connectivity index (χ1n) is 8.24. The van der Waals surface area contributed by atoms with Crippen molar-refractivity contribution in [1.82, 2.24) is 5.32 Å². The Kier molecular flexibility index (Phi) is 5.28. The number of ether oxygens (including phenoxy) is 1. The smallest absolute Gasteiger partial charge is 0.253 e. The molecule has 1 N–H and O–H groups in total. The molecule has 132 valence electrons. The van der Waals surface area contributed by atoms with Gasteiger partial charge in [-0.15, -0.1) is 0 Å². The van der Waals surface area contributed by atoms with Crippen molar-refractivity contribution >= 4 is 11.6 Å². The SMILES string of the molecule is CC(NC(=O)c1ccccc1N1CCOCC1)c1ccc(F)cc1F. The minimum absolute atomic E-state index is 0.249. The number of morpholine rings is 1. The summed E-state index contributed by atoms with van der Waals surface area (Å²) in [5.74, 6) is -1.61. The van der Waals surface area contributed by atoms with Gasteiger partial charge < -0.3 is 15.0 Å². The maximum atomic E-state index is 13.9. The second-order valence-corrected chi connectivity index (χ2v) is 5.98. The van der Waals surface area contributed by atoms with E-state index in [4.69, 9.17) is 4.74 Å². The second kappa shape index (κ2) is 7.61. The zero-order valence-electron chi connectivity index (χ0n) is 14.0. The van der Waals surface area contributed by atoms with Crippen LogP contribution in [-0.4, -0.2) is 32.2 Å². The number of halogens is 2. The van der Waals surface area contributed by atoms with Crippen LogP contribution in [0.4, 0.5) is 14.5 Å². The molecular weight excluding hydrogens is 326 g/mol. The molecule has 1 aliphatic heterocycles. The Morgan fingerprint density at radius 3 is 2.60 bits per heavy atom. The summed E-state index contributed by atoms with van der Waals surface area (Å²) in [6.45, 7) is 4.34. The lowest BCUT2D eigenvalue weighted by Gasteiger charge is -2.30. The van der Waals surface area contributed by atoms with Crippen molar-refractivity contribution in [2.24, 2.45) is 0 Å². The number of carbonyl (C=O) groups excluding carboxylic acids is 1. The summed E-state index contributed by atoms with van der Waals surface area (Å²) >= 11 is 0. The van der Waals surface area contributed by atoms with Crippen molar-refractivity contribution in [3.05, 3.63) is 65.2 Å². The molecule has 3 rings (SSSR count). The molecule has 2 aromatic rings. The average molecular weight is 346 g/mol. The Balaban J connectivity index is 1.79. The fraction of sp³-hybridized carbons (Fsp3) is 0.316. The highest BCUT2D eigenvalue weighted by Crippen LogP contribution is 2.23. The van der Waals surface area contributed by atoms with Crippen LogP contribution in [0.1, 0.15) is 28.9 Å². The standard InChI is InChI=1S/C19H20F2N2O2/c1-13(15-7-6-14(20)12-17(15)21)22-19(24)16-4-2-3-5-18(16)23-8-10-25-11-9-23/h2-7,12-13H,8-11H2,1H3,(H,22,24). The predicted molar refractivity (Wildman–Crippen MR) is 91.7 cm³/mol. The largest absolute Gasteiger partial charge is 0.378 e. The maximum absolute atomic E-state index is 13.9. The average Bonchev–Trinajstić information content (AvgIpc) is 2.62. The predicted octanol–water partition coefficient (Wildman–Crippen LogP) is 3.29. The quantitative estimate of drug-likeness (QED) is 0.924. The molecule has 0 spiro atoms. The van der Waals surface area contributed by atoms with Gasteiger partial charge in [-0.2, -0.15) is 0 Å². The van der Waals surface area contributed by atoms with Gasteiger partial charge in [0.15, 0.2) is 0 Å². The van der Waals surface area contributed by atoms with Crippen LogP contribution in [0.3, 0.4) is 0 Å². The van der Waals surface area contributed by atoms with Crippen LogP contribution < -0.4 is 10.2 Å². The summed E-state index contributed by atoms with van der Waals surface area (Å²) in [5.41, 5.74) is 1.60. The first kappa shape index (κ1) is 17.4. The first-order valence-corrected chi connectivity index (χ1v) is 8.24. The Morgan fingerprint density at radius 2 is 1.88 bits per heavy atom. The molecular formula is C19H20F2N2O2. The zero-order chi connectivity index (χ0) is 17.8. The van der Waals surface area contributed by atoms with E-state index in [1.807, 2.05) is 12.1 Å². The lowest BCUT2D eigenvalue weighted by Crippen LogP contribution is -2.38. The molecule has 4 nitrogen and oxygen atoms in total.